The highest BCUT2D eigenvalue weighted by Gasteiger charge is 2.39. The third kappa shape index (κ3) is 3.37. The third-order valence-electron chi connectivity index (χ3n) is 3.90. The van der Waals surface area contributed by atoms with E-state index in [4.69, 9.17) is 10.3 Å². The molecule has 25 heavy (non-hydrogen) atoms. The van der Waals surface area contributed by atoms with E-state index in [2.05, 4.69) is 10.1 Å². The molecule has 3 rings (SSSR count). The van der Waals surface area contributed by atoms with Crippen LogP contribution in [0.5, 0.6) is 0 Å². The topological polar surface area (TPSA) is 119 Å². The maximum atomic E-state index is 13.8. The lowest BCUT2D eigenvalue weighted by Gasteiger charge is -2.21. The first-order valence-corrected chi connectivity index (χ1v) is 8.96. The van der Waals surface area contributed by atoms with Crippen LogP contribution < -0.4 is 5.73 Å². The van der Waals surface area contributed by atoms with Gasteiger partial charge < -0.3 is 10.3 Å². The second kappa shape index (κ2) is 6.48. The largest absolute Gasteiger partial charge is 0.363 e. The first-order valence-electron chi connectivity index (χ1n) is 7.35. The molecule has 0 spiro atoms. The smallest absolute Gasteiger partial charge is 0.290 e. The molecule has 2 aromatic rings. The maximum Gasteiger partial charge on any atom is 0.290 e. The Morgan fingerprint density at radius 1 is 1.36 bits per heavy atom. The number of carbonyl (C=O) groups is 1. The van der Waals surface area contributed by atoms with E-state index in [1.807, 2.05) is 0 Å². The average Bonchev–Trinajstić information content (AvgIpc) is 3.19. The van der Waals surface area contributed by atoms with Crippen LogP contribution >= 0.6 is 0 Å². The summed E-state index contributed by atoms with van der Waals surface area (Å²) in [6, 6.07) is 2.34. The number of nitrogens with two attached hydrogens (primary N) is 1. The van der Waals surface area contributed by atoms with Gasteiger partial charge in [-0.15, -0.1) is 0 Å². The van der Waals surface area contributed by atoms with Gasteiger partial charge in [-0.05, 0) is 25.0 Å². The predicted octanol–water partition coefficient (Wildman–Crippen LogP) is 1.11. The van der Waals surface area contributed by atoms with E-state index in [-0.39, 0.29) is 18.3 Å². The number of hydrogen-bond donors (Lipinski definition) is 1. The van der Waals surface area contributed by atoms with Crippen LogP contribution in [0.1, 0.15) is 41.0 Å². The molecule has 0 aliphatic carbocycles. The second-order valence-corrected chi connectivity index (χ2v) is 7.47. The molecule has 1 aromatic carbocycles. The summed E-state index contributed by atoms with van der Waals surface area (Å²) >= 11 is 0. The molecule has 2 N–H and O–H groups in total. The molecule has 0 radical (unpaired) electrons. The fraction of sp³-hybridized carbons (Fsp3) is 0.357. The number of carbonyl (C=O) groups excluding carboxylic acids is 1. The van der Waals surface area contributed by atoms with Crippen LogP contribution in [-0.4, -0.2) is 35.3 Å². The van der Waals surface area contributed by atoms with E-state index >= 15 is 0 Å². The summed E-state index contributed by atoms with van der Waals surface area (Å²) in [5.74, 6) is -4.06. The van der Waals surface area contributed by atoms with Crippen molar-refractivity contribution in [3.63, 3.8) is 0 Å². The predicted molar refractivity (Wildman–Crippen MR) is 80.5 cm³/mol. The number of halogens is 2. The van der Waals surface area contributed by atoms with Crippen LogP contribution in [0.15, 0.2) is 22.7 Å². The van der Waals surface area contributed by atoms with Gasteiger partial charge in [-0.1, -0.05) is 11.2 Å². The Balaban J connectivity index is 1.89. The average molecular weight is 372 g/mol. The van der Waals surface area contributed by atoms with Gasteiger partial charge >= 0.3 is 0 Å². The standard InChI is InChI=1S/C14H14F2N4O4S/c15-9-3-1-4-10(16)8(9)7-25(22,23)20-6-2-5-11(20)14-18-13(12(17)21)19-24-14/h1,3-4,11H,2,5-7H2,(H2,17,21). The van der Waals surface area contributed by atoms with Gasteiger partial charge in [0.05, 0.1) is 5.75 Å². The molecule has 1 aliphatic heterocycles. The molecule has 0 saturated carbocycles. The fourth-order valence-electron chi connectivity index (χ4n) is 2.73. The zero-order valence-corrected chi connectivity index (χ0v) is 13.7. The van der Waals surface area contributed by atoms with E-state index in [1.165, 1.54) is 0 Å². The van der Waals surface area contributed by atoms with Crippen molar-refractivity contribution in [1.82, 2.24) is 14.4 Å². The Labute approximate surface area is 141 Å². The molecule has 1 amide bonds. The van der Waals surface area contributed by atoms with Crippen LogP contribution in [0.4, 0.5) is 8.78 Å². The Morgan fingerprint density at radius 2 is 2.04 bits per heavy atom. The van der Waals surface area contributed by atoms with E-state index in [9.17, 15) is 22.0 Å². The first-order chi connectivity index (χ1) is 11.8. The molecule has 1 atom stereocenters. The zero-order valence-electron chi connectivity index (χ0n) is 12.9. The molecule has 2 heterocycles. The highest BCUT2D eigenvalue weighted by Crippen LogP contribution is 2.34. The Kier molecular flexibility index (Phi) is 4.52. The van der Waals surface area contributed by atoms with Crippen LogP contribution in [-0.2, 0) is 15.8 Å². The normalized spacial score (nSPS) is 18.6. The quantitative estimate of drug-likeness (QED) is 0.840. The van der Waals surface area contributed by atoms with E-state index < -0.39 is 44.9 Å². The minimum atomic E-state index is -4.06. The van der Waals surface area contributed by atoms with E-state index in [0.717, 1.165) is 22.5 Å². The Morgan fingerprint density at radius 3 is 2.64 bits per heavy atom. The van der Waals surface area contributed by atoms with Gasteiger partial charge in [0.1, 0.15) is 17.7 Å². The van der Waals surface area contributed by atoms with Crippen molar-refractivity contribution in [2.75, 3.05) is 6.54 Å². The molecule has 1 unspecified atom stereocenters. The number of amides is 1. The molecule has 1 saturated heterocycles. The molecule has 8 nitrogen and oxygen atoms in total. The molecular weight excluding hydrogens is 358 g/mol. The number of nitrogens with zero attached hydrogens (tertiary/aromatic N) is 3. The summed E-state index contributed by atoms with van der Waals surface area (Å²) in [4.78, 5) is 14.8. The van der Waals surface area contributed by atoms with Gasteiger partial charge in [0.25, 0.3) is 11.7 Å². The maximum absolute atomic E-state index is 13.8. The first kappa shape index (κ1) is 17.4. The van der Waals surface area contributed by atoms with Crippen molar-refractivity contribution in [3.05, 3.63) is 47.1 Å². The second-order valence-electron chi connectivity index (χ2n) is 5.55. The van der Waals surface area contributed by atoms with Crippen LogP contribution in [0, 0.1) is 11.6 Å². The fourth-order valence-corrected chi connectivity index (χ4v) is 4.52. The van der Waals surface area contributed by atoms with Gasteiger partial charge in [0, 0.05) is 12.1 Å². The third-order valence-corrected chi connectivity index (χ3v) is 5.70. The number of rotatable bonds is 5. The van der Waals surface area contributed by atoms with Crippen molar-refractivity contribution in [3.8, 4) is 0 Å². The summed E-state index contributed by atoms with van der Waals surface area (Å²) in [6.45, 7) is 0.136. The number of sulfonamides is 1. The monoisotopic (exact) mass is 372 g/mol. The summed E-state index contributed by atoms with van der Waals surface area (Å²) in [5, 5.41) is 3.39. The van der Waals surface area contributed by atoms with Crippen LogP contribution in [0.3, 0.4) is 0 Å². The van der Waals surface area contributed by atoms with Gasteiger partial charge in [-0.25, -0.2) is 17.2 Å². The van der Waals surface area contributed by atoms with E-state index in [0.29, 0.717) is 12.8 Å². The highest BCUT2D eigenvalue weighted by molar-refractivity contribution is 7.88. The molecule has 1 aliphatic rings. The molecule has 11 heteroatoms. The molecule has 1 fully saturated rings. The van der Waals surface area contributed by atoms with Gasteiger partial charge in [0.2, 0.25) is 15.9 Å². The van der Waals surface area contributed by atoms with E-state index in [1.54, 1.807) is 0 Å². The van der Waals surface area contributed by atoms with Crippen molar-refractivity contribution >= 4 is 15.9 Å². The lowest BCUT2D eigenvalue weighted by atomic mass is 10.2. The van der Waals surface area contributed by atoms with Gasteiger partial charge in [-0.3, -0.25) is 4.79 Å². The van der Waals surface area contributed by atoms with Crippen molar-refractivity contribution in [2.24, 2.45) is 5.73 Å². The summed E-state index contributed by atoms with van der Waals surface area (Å²) in [6.07, 6.45) is 0.872. The number of primary amides is 1. The molecule has 134 valence electrons. The SMILES string of the molecule is NC(=O)c1noc(C2CCCN2S(=O)(=O)Cc2c(F)cccc2F)n1. The van der Waals surface area contributed by atoms with Crippen molar-refractivity contribution < 1.29 is 26.5 Å². The molecular formula is C14H14F2N4O4S. The minimum absolute atomic E-state index is 0.0797. The van der Waals surface area contributed by atoms with Crippen LogP contribution in [0.2, 0.25) is 0 Å². The van der Waals surface area contributed by atoms with Crippen molar-refractivity contribution in [1.29, 1.82) is 0 Å². The summed E-state index contributed by atoms with van der Waals surface area (Å²) in [7, 11) is -4.06. The number of benzene rings is 1. The lowest BCUT2D eigenvalue weighted by molar-refractivity contribution is 0.0987. The Hall–Kier alpha value is -2.40. The zero-order chi connectivity index (χ0) is 18.2. The molecule has 1 aromatic heterocycles. The highest BCUT2D eigenvalue weighted by atomic mass is 32.2. The van der Waals surface area contributed by atoms with Crippen LogP contribution in [0.25, 0.3) is 0 Å². The molecule has 0 bridgehead atoms. The van der Waals surface area contributed by atoms with Gasteiger partial charge in [0.15, 0.2) is 0 Å². The number of aromatic nitrogens is 2. The number of hydrogen-bond acceptors (Lipinski definition) is 6. The minimum Gasteiger partial charge on any atom is -0.363 e. The van der Waals surface area contributed by atoms with Gasteiger partial charge in [-0.2, -0.15) is 9.29 Å². The van der Waals surface area contributed by atoms with Crippen molar-refractivity contribution in [2.45, 2.75) is 24.6 Å². The lowest BCUT2D eigenvalue weighted by Crippen LogP contribution is -2.32. The summed E-state index contributed by atoms with van der Waals surface area (Å²) in [5.41, 5.74) is 4.51. The Bertz CT molecular complexity index is 895. The summed E-state index contributed by atoms with van der Waals surface area (Å²) < 4.78 is 58.8.